The molecule has 7 heteroatoms. The number of thiazole rings is 1. The van der Waals surface area contributed by atoms with Crippen LogP contribution in [0.4, 0.5) is 13.2 Å². The van der Waals surface area contributed by atoms with Crippen molar-refractivity contribution in [2.75, 3.05) is 0 Å². The molecule has 3 nitrogen and oxygen atoms in total. The molecule has 158 valence electrons. The predicted octanol–water partition coefficient (Wildman–Crippen LogP) is 6.82. The fourth-order valence-electron chi connectivity index (χ4n) is 6.57. The van der Waals surface area contributed by atoms with E-state index in [1.54, 1.807) is 17.4 Å². The van der Waals surface area contributed by atoms with Crippen LogP contribution in [0.2, 0.25) is 0 Å². The Morgan fingerprint density at radius 3 is 2.87 bits per heavy atom. The molecule has 3 aliphatic carbocycles. The Labute approximate surface area is 176 Å². The first-order chi connectivity index (χ1) is 14.4. The van der Waals surface area contributed by atoms with E-state index in [4.69, 9.17) is 4.98 Å². The Balaban J connectivity index is 1.37. The summed E-state index contributed by atoms with van der Waals surface area (Å²) in [5.74, 6) is 2.32. The Morgan fingerprint density at radius 1 is 1.13 bits per heavy atom. The summed E-state index contributed by atoms with van der Waals surface area (Å²) in [6.07, 6.45) is 6.70. The Hall–Kier alpha value is -2.02. The maximum Gasteiger partial charge on any atom is 0.573 e. The van der Waals surface area contributed by atoms with E-state index >= 15 is 0 Å². The van der Waals surface area contributed by atoms with Crippen LogP contribution in [-0.2, 0) is 5.41 Å². The van der Waals surface area contributed by atoms with E-state index in [0.29, 0.717) is 5.56 Å². The van der Waals surface area contributed by atoms with Gasteiger partial charge in [0.1, 0.15) is 5.75 Å². The molecule has 0 saturated heterocycles. The molecule has 2 heterocycles. The zero-order valence-corrected chi connectivity index (χ0v) is 17.3. The summed E-state index contributed by atoms with van der Waals surface area (Å²) in [5, 5.41) is 1.96. The Kier molecular flexibility index (Phi) is 4.05. The van der Waals surface area contributed by atoms with Gasteiger partial charge in [-0.3, -0.25) is 4.40 Å². The van der Waals surface area contributed by atoms with Gasteiger partial charge < -0.3 is 4.74 Å². The van der Waals surface area contributed by atoms with Gasteiger partial charge in [-0.05, 0) is 55.6 Å². The normalized spacial score (nSPS) is 30.7. The highest BCUT2D eigenvalue weighted by Gasteiger charge is 2.53. The minimum absolute atomic E-state index is 0.197. The third-order valence-electron chi connectivity index (χ3n) is 7.59. The number of benzene rings is 1. The van der Waals surface area contributed by atoms with Crippen LogP contribution in [0.15, 0.2) is 35.8 Å². The number of ether oxygens (including phenoxy) is 1. The van der Waals surface area contributed by atoms with Gasteiger partial charge in [-0.1, -0.05) is 31.4 Å². The summed E-state index contributed by atoms with van der Waals surface area (Å²) in [6.45, 7) is 0. The van der Waals surface area contributed by atoms with Gasteiger partial charge in [0.2, 0.25) is 0 Å². The molecule has 30 heavy (non-hydrogen) atoms. The SMILES string of the molecule is FC(F)(F)Oc1cccc(-c2csc3nc(C45CC6CCCC(C4)C(C6)C5)cn23)c1. The zero-order valence-electron chi connectivity index (χ0n) is 16.5. The average Bonchev–Trinajstić information content (AvgIpc) is 3.29. The van der Waals surface area contributed by atoms with E-state index in [0.717, 1.165) is 28.4 Å². The highest BCUT2D eigenvalue weighted by molar-refractivity contribution is 7.15. The molecule has 4 unspecified atom stereocenters. The molecule has 0 amide bonds. The minimum atomic E-state index is -4.69. The van der Waals surface area contributed by atoms with Crippen molar-refractivity contribution >= 4 is 16.3 Å². The summed E-state index contributed by atoms with van der Waals surface area (Å²) >= 11 is 1.55. The zero-order chi connectivity index (χ0) is 20.5. The molecule has 0 N–H and O–H groups in total. The van der Waals surface area contributed by atoms with Crippen molar-refractivity contribution in [3.05, 3.63) is 41.5 Å². The molecule has 0 radical (unpaired) electrons. The van der Waals surface area contributed by atoms with Crippen molar-refractivity contribution in [3.63, 3.8) is 0 Å². The summed E-state index contributed by atoms with van der Waals surface area (Å²) in [5.41, 5.74) is 2.96. The molecular weight excluding hydrogens is 409 g/mol. The van der Waals surface area contributed by atoms with Gasteiger partial charge in [0.05, 0.1) is 11.4 Å². The molecule has 3 bridgehead atoms. The number of hydrogen-bond acceptors (Lipinski definition) is 3. The maximum absolute atomic E-state index is 12.6. The van der Waals surface area contributed by atoms with E-state index in [1.807, 2.05) is 11.4 Å². The summed E-state index contributed by atoms with van der Waals surface area (Å²) < 4.78 is 44.0. The van der Waals surface area contributed by atoms with Gasteiger partial charge in [0.15, 0.2) is 4.96 Å². The van der Waals surface area contributed by atoms with Crippen molar-refractivity contribution in [2.45, 2.75) is 56.7 Å². The van der Waals surface area contributed by atoms with E-state index < -0.39 is 6.36 Å². The van der Waals surface area contributed by atoms with E-state index in [9.17, 15) is 13.2 Å². The summed E-state index contributed by atoms with van der Waals surface area (Å²) in [6, 6.07) is 6.20. The number of hydrogen-bond donors (Lipinski definition) is 0. The van der Waals surface area contributed by atoms with Crippen LogP contribution in [0.1, 0.15) is 50.6 Å². The second-order valence-corrected chi connectivity index (χ2v) is 10.3. The first kappa shape index (κ1) is 18.7. The van der Waals surface area contributed by atoms with Gasteiger partial charge in [-0.25, -0.2) is 4.98 Å². The minimum Gasteiger partial charge on any atom is -0.406 e. The Bertz CT molecular complexity index is 1100. The second-order valence-electron chi connectivity index (χ2n) is 9.42. The van der Waals surface area contributed by atoms with Crippen LogP contribution in [0.3, 0.4) is 0 Å². The highest BCUT2D eigenvalue weighted by atomic mass is 32.1. The second kappa shape index (κ2) is 6.49. The number of nitrogens with zero attached hydrogens (tertiary/aromatic N) is 2. The van der Waals surface area contributed by atoms with Crippen molar-refractivity contribution in [1.29, 1.82) is 0 Å². The van der Waals surface area contributed by atoms with Crippen LogP contribution < -0.4 is 4.74 Å². The monoisotopic (exact) mass is 432 g/mol. The van der Waals surface area contributed by atoms with Crippen molar-refractivity contribution < 1.29 is 17.9 Å². The molecule has 4 atom stereocenters. The number of alkyl halides is 3. The molecule has 0 spiro atoms. The van der Waals surface area contributed by atoms with Crippen LogP contribution in [-0.4, -0.2) is 15.7 Å². The third-order valence-corrected chi connectivity index (χ3v) is 8.43. The molecule has 3 aliphatic rings. The third kappa shape index (κ3) is 3.04. The fourth-order valence-corrected chi connectivity index (χ4v) is 7.45. The fraction of sp³-hybridized carbons (Fsp3) is 0.522. The quantitative estimate of drug-likeness (QED) is 0.454. The van der Waals surface area contributed by atoms with E-state index in [1.165, 1.54) is 62.8 Å². The largest absolute Gasteiger partial charge is 0.573 e. The molecule has 2 aromatic heterocycles. The van der Waals surface area contributed by atoms with Crippen molar-refractivity contribution in [3.8, 4) is 17.0 Å². The molecule has 6 rings (SSSR count). The van der Waals surface area contributed by atoms with Crippen LogP contribution in [0, 0.1) is 17.8 Å². The van der Waals surface area contributed by atoms with Crippen molar-refractivity contribution in [1.82, 2.24) is 9.38 Å². The topological polar surface area (TPSA) is 26.5 Å². The lowest BCUT2D eigenvalue weighted by atomic mass is 9.68. The van der Waals surface area contributed by atoms with E-state index in [2.05, 4.69) is 15.3 Å². The standard InChI is InChI=1S/C23H23F3N2OS/c24-23(25,26)29-18-6-2-4-15(8-18)19-13-30-21-27-20(12-28(19)21)22-9-14-3-1-5-16(10-22)17(7-14)11-22/h2,4,6,8,12-14,16-17H,1,3,5,7,9-11H2. The van der Waals surface area contributed by atoms with Crippen LogP contribution in [0.25, 0.3) is 16.2 Å². The molecule has 3 aromatic rings. The molecule has 0 aliphatic heterocycles. The van der Waals surface area contributed by atoms with Gasteiger partial charge in [-0.15, -0.1) is 24.5 Å². The smallest absolute Gasteiger partial charge is 0.406 e. The number of fused-ring (bicyclic) bond motifs is 3. The lowest BCUT2D eigenvalue weighted by molar-refractivity contribution is -0.274. The number of imidazole rings is 1. The molecule has 3 saturated carbocycles. The predicted molar refractivity (Wildman–Crippen MR) is 110 cm³/mol. The van der Waals surface area contributed by atoms with Crippen LogP contribution >= 0.6 is 11.3 Å². The molecular formula is C23H23F3N2OS. The lowest BCUT2D eigenvalue weighted by Crippen LogP contribution is -2.31. The summed E-state index contributed by atoms with van der Waals surface area (Å²) in [7, 11) is 0. The van der Waals surface area contributed by atoms with E-state index in [-0.39, 0.29) is 11.2 Å². The average molecular weight is 433 g/mol. The van der Waals surface area contributed by atoms with Gasteiger partial charge >= 0.3 is 6.36 Å². The van der Waals surface area contributed by atoms with Gasteiger partial charge in [0, 0.05) is 22.6 Å². The number of halogens is 3. The lowest BCUT2D eigenvalue weighted by Gasteiger charge is -2.36. The Morgan fingerprint density at radius 2 is 2.00 bits per heavy atom. The van der Waals surface area contributed by atoms with Gasteiger partial charge in [0.25, 0.3) is 0 Å². The first-order valence-corrected chi connectivity index (χ1v) is 11.6. The van der Waals surface area contributed by atoms with Crippen LogP contribution in [0.5, 0.6) is 5.75 Å². The maximum atomic E-state index is 12.6. The van der Waals surface area contributed by atoms with Crippen molar-refractivity contribution in [2.24, 2.45) is 17.8 Å². The molecule has 3 fully saturated rings. The first-order valence-electron chi connectivity index (χ1n) is 10.7. The highest BCUT2D eigenvalue weighted by Crippen LogP contribution is 2.60. The number of rotatable bonds is 3. The number of aromatic nitrogens is 2. The van der Waals surface area contributed by atoms with Gasteiger partial charge in [-0.2, -0.15) is 0 Å². The molecule has 1 aromatic carbocycles. The summed E-state index contributed by atoms with van der Waals surface area (Å²) in [4.78, 5) is 5.94.